The minimum absolute atomic E-state index is 0.279. The fourth-order valence-corrected chi connectivity index (χ4v) is 1.53. The van der Waals surface area contributed by atoms with Gasteiger partial charge in [0.05, 0.1) is 11.8 Å². The third kappa shape index (κ3) is 1.35. The quantitative estimate of drug-likeness (QED) is 0.625. The van der Waals surface area contributed by atoms with Gasteiger partial charge in [0.1, 0.15) is 11.3 Å². The summed E-state index contributed by atoms with van der Waals surface area (Å²) in [5.74, 6) is -0.0666. The van der Waals surface area contributed by atoms with Crippen molar-refractivity contribution in [3.63, 3.8) is 0 Å². The molecule has 0 fully saturated rings. The molecule has 1 aromatic carbocycles. The lowest BCUT2D eigenvalue weighted by Gasteiger charge is -1.95. The minimum atomic E-state index is -0.345. The van der Waals surface area contributed by atoms with E-state index in [4.69, 9.17) is 4.42 Å². The Morgan fingerprint density at radius 1 is 1.12 bits per heavy atom. The summed E-state index contributed by atoms with van der Waals surface area (Å²) in [5, 5.41) is 0. The van der Waals surface area contributed by atoms with Crippen LogP contribution in [0.1, 0.15) is 0 Å². The molecule has 0 unspecified atom stereocenters. The Kier molecular flexibility index (Phi) is 1.93. The third-order valence-electron chi connectivity index (χ3n) is 2.30. The molecule has 0 radical (unpaired) electrons. The maximum Gasteiger partial charge on any atom is 0.230 e. The lowest BCUT2D eigenvalue weighted by molar-refractivity contribution is 0.593. The highest BCUT2D eigenvalue weighted by Gasteiger charge is 2.11. The van der Waals surface area contributed by atoms with Crippen molar-refractivity contribution >= 4 is 11.1 Å². The molecule has 2 heterocycles. The first kappa shape index (κ1) is 9.03. The zero-order valence-electron chi connectivity index (χ0n) is 8.22. The van der Waals surface area contributed by atoms with Crippen molar-refractivity contribution in [3.8, 4) is 11.5 Å². The zero-order chi connectivity index (χ0) is 11.0. The van der Waals surface area contributed by atoms with Crippen LogP contribution >= 0.6 is 0 Å². The fraction of sp³-hybridized carbons (Fsp3) is 0. The molecule has 0 bridgehead atoms. The van der Waals surface area contributed by atoms with Crippen molar-refractivity contribution in [2.75, 3.05) is 0 Å². The Balaban J connectivity index is 2.23. The van der Waals surface area contributed by atoms with Gasteiger partial charge in [-0.2, -0.15) is 0 Å². The molecule has 0 N–H and O–H groups in total. The molecular weight excluding hydrogens is 207 g/mol. The molecule has 78 valence electrons. The van der Waals surface area contributed by atoms with Crippen LogP contribution in [-0.2, 0) is 0 Å². The van der Waals surface area contributed by atoms with Crippen LogP contribution in [-0.4, -0.2) is 9.97 Å². The van der Waals surface area contributed by atoms with Crippen LogP contribution in [0.25, 0.3) is 22.6 Å². The summed E-state index contributed by atoms with van der Waals surface area (Å²) in [6, 6.07) is 8.10. The average molecular weight is 214 g/mol. The summed E-state index contributed by atoms with van der Waals surface area (Å²) in [7, 11) is 0. The Hall–Kier alpha value is -2.23. The number of hydrogen-bond acceptors (Lipinski definition) is 3. The molecule has 0 atom stereocenters. The lowest BCUT2D eigenvalue weighted by Crippen LogP contribution is -1.82. The molecule has 0 saturated heterocycles. The normalized spacial score (nSPS) is 10.8. The van der Waals surface area contributed by atoms with Gasteiger partial charge in [-0.15, -0.1) is 0 Å². The maximum atomic E-state index is 13.5. The number of oxazole rings is 1. The third-order valence-corrected chi connectivity index (χ3v) is 2.30. The second-order valence-electron chi connectivity index (χ2n) is 3.34. The van der Waals surface area contributed by atoms with Gasteiger partial charge in [-0.05, 0) is 18.2 Å². The SMILES string of the molecule is Fc1ccccc1-c1nc2ccncc2o1. The van der Waals surface area contributed by atoms with Crippen LogP contribution in [0.15, 0.2) is 47.1 Å². The van der Waals surface area contributed by atoms with Crippen molar-refractivity contribution < 1.29 is 8.81 Å². The van der Waals surface area contributed by atoms with Crippen molar-refractivity contribution in [3.05, 3.63) is 48.5 Å². The average Bonchev–Trinajstić information content (AvgIpc) is 2.73. The van der Waals surface area contributed by atoms with E-state index in [-0.39, 0.29) is 11.7 Å². The van der Waals surface area contributed by atoms with Crippen LogP contribution in [0.2, 0.25) is 0 Å². The van der Waals surface area contributed by atoms with Gasteiger partial charge in [0, 0.05) is 6.20 Å². The van der Waals surface area contributed by atoms with Gasteiger partial charge < -0.3 is 4.42 Å². The van der Waals surface area contributed by atoms with Crippen molar-refractivity contribution in [2.24, 2.45) is 0 Å². The molecular formula is C12H7FN2O. The highest BCUT2D eigenvalue weighted by molar-refractivity contribution is 5.74. The van der Waals surface area contributed by atoms with E-state index in [0.29, 0.717) is 16.7 Å². The number of hydrogen-bond donors (Lipinski definition) is 0. The predicted octanol–water partition coefficient (Wildman–Crippen LogP) is 3.03. The molecule has 0 amide bonds. The van der Waals surface area contributed by atoms with E-state index in [1.54, 1.807) is 36.7 Å². The van der Waals surface area contributed by atoms with Crippen LogP contribution < -0.4 is 0 Å². The standard InChI is InChI=1S/C12H7FN2O/c13-9-4-2-1-3-8(9)12-15-10-5-6-14-7-11(10)16-12/h1-7H. The van der Waals surface area contributed by atoms with Crippen LogP contribution in [0.4, 0.5) is 4.39 Å². The first-order valence-electron chi connectivity index (χ1n) is 4.80. The van der Waals surface area contributed by atoms with Crippen molar-refractivity contribution in [1.29, 1.82) is 0 Å². The number of fused-ring (bicyclic) bond motifs is 1. The molecule has 3 nitrogen and oxygen atoms in total. The lowest BCUT2D eigenvalue weighted by atomic mass is 10.2. The summed E-state index contributed by atoms with van der Waals surface area (Å²) in [6.45, 7) is 0. The monoisotopic (exact) mass is 214 g/mol. The fourth-order valence-electron chi connectivity index (χ4n) is 1.53. The molecule has 0 aliphatic rings. The number of nitrogens with zero attached hydrogens (tertiary/aromatic N) is 2. The molecule has 0 aliphatic heterocycles. The zero-order valence-corrected chi connectivity index (χ0v) is 8.22. The molecule has 0 saturated carbocycles. The van der Waals surface area contributed by atoms with Crippen molar-refractivity contribution in [2.45, 2.75) is 0 Å². The molecule has 4 heteroatoms. The Bertz CT molecular complexity index is 615. The Morgan fingerprint density at radius 2 is 2.00 bits per heavy atom. The molecule has 3 rings (SSSR count). The van der Waals surface area contributed by atoms with Gasteiger partial charge in [-0.3, -0.25) is 4.98 Å². The number of benzene rings is 1. The van der Waals surface area contributed by atoms with E-state index in [9.17, 15) is 4.39 Å². The van der Waals surface area contributed by atoms with E-state index in [1.807, 2.05) is 0 Å². The van der Waals surface area contributed by atoms with E-state index in [1.165, 1.54) is 6.07 Å². The smallest absolute Gasteiger partial charge is 0.230 e. The Morgan fingerprint density at radius 3 is 2.81 bits per heavy atom. The number of rotatable bonds is 1. The van der Waals surface area contributed by atoms with Gasteiger partial charge in [0.2, 0.25) is 5.89 Å². The topological polar surface area (TPSA) is 38.9 Å². The first-order valence-corrected chi connectivity index (χ1v) is 4.80. The largest absolute Gasteiger partial charge is 0.434 e. The van der Waals surface area contributed by atoms with Crippen LogP contribution in [0, 0.1) is 5.82 Å². The molecule has 16 heavy (non-hydrogen) atoms. The summed E-state index contributed by atoms with van der Waals surface area (Å²) < 4.78 is 18.9. The Labute approximate surface area is 90.6 Å². The van der Waals surface area contributed by atoms with Gasteiger partial charge in [-0.25, -0.2) is 9.37 Å². The second kappa shape index (κ2) is 3.41. The molecule has 2 aromatic heterocycles. The number of pyridine rings is 1. The van der Waals surface area contributed by atoms with Crippen LogP contribution in [0.5, 0.6) is 0 Å². The highest BCUT2D eigenvalue weighted by Crippen LogP contribution is 2.25. The highest BCUT2D eigenvalue weighted by atomic mass is 19.1. The van der Waals surface area contributed by atoms with E-state index in [0.717, 1.165) is 0 Å². The van der Waals surface area contributed by atoms with Gasteiger partial charge >= 0.3 is 0 Å². The van der Waals surface area contributed by atoms with Gasteiger partial charge in [-0.1, -0.05) is 12.1 Å². The van der Waals surface area contributed by atoms with Crippen molar-refractivity contribution in [1.82, 2.24) is 9.97 Å². The first-order chi connectivity index (χ1) is 7.84. The van der Waals surface area contributed by atoms with Crippen LogP contribution in [0.3, 0.4) is 0 Å². The van der Waals surface area contributed by atoms with E-state index >= 15 is 0 Å². The minimum Gasteiger partial charge on any atom is -0.434 e. The summed E-state index contributed by atoms with van der Waals surface area (Å²) in [5.41, 5.74) is 1.59. The summed E-state index contributed by atoms with van der Waals surface area (Å²) in [4.78, 5) is 8.11. The van der Waals surface area contributed by atoms with E-state index < -0.39 is 0 Å². The summed E-state index contributed by atoms with van der Waals surface area (Å²) in [6.07, 6.45) is 3.18. The predicted molar refractivity (Wildman–Crippen MR) is 57.2 cm³/mol. The second-order valence-corrected chi connectivity index (χ2v) is 3.34. The summed E-state index contributed by atoms with van der Waals surface area (Å²) >= 11 is 0. The van der Waals surface area contributed by atoms with E-state index in [2.05, 4.69) is 9.97 Å². The number of aromatic nitrogens is 2. The number of halogens is 1. The molecule has 0 aliphatic carbocycles. The maximum absolute atomic E-state index is 13.5. The molecule has 0 spiro atoms. The van der Waals surface area contributed by atoms with Gasteiger partial charge in [0.15, 0.2) is 5.58 Å². The van der Waals surface area contributed by atoms with Gasteiger partial charge in [0.25, 0.3) is 0 Å². The molecule has 3 aromatic rings.